The van der Waals surface area contributed by atoms with Crippen LogP contribution in [0.2, 0.25) is 0 Å². The largest absolute Gasteiger partial charge is 0.350 e. The van der Waals surface area contributed by atoms with Crippen molar-refractivity contribution in [3.05, 3.63) is 35.4 Å². The zero-order valence-corrected chi connectivity index (χ0v) is 12.9. The minimum atomic E-state index is -0.535. The van der Waals surface area contributed by atoms with Crippen molar-refractivity contribution < 1.29 is 9.59 Å². The molecule has 110 valence electrons. The summed E-state index contributed by atoms with van der Waals surface area (Å²) in [5, 5.41) is 5.54. The van der Waals surface area contributed by atoms with Gasteiger partial charge in [0.2, 0.25) is 11.8 Å². The molecule has 2 N–H and O–H groups in total. The predicted octanol–water partition coefficient (Wildman–Crippen LogP) is 2.16. The highest BCUT2D eigenvalue weighted by Crippen LogP contribution is 2.12. The van der Waals surface area contributed by atoms with E-state index in [9.17, 15) is 9.59 Å². The molecule has 4 heteroatoms. The SMILES string of the molecule is Cc1ccc(CNC(=O)[C@H](C)NC(=O)C(C)(C)C)cc1. The molecule has 0 aliphatic heterocycles. The van der Waals surface area contributed by atoms with Gasteiger partial charge in [0.1, 0.15) is 6.04 Å². The fourth-order valence-corrected chi connectivity index (χ4v) is 1.53. The van der Waals surface area contributed by atoms with Crippen LogP contribution in [0.25, 0.3) is 0 Å². The molecule has 0 spiro atoms. The molecule has 2 amide bonds. The highest BCUT2D eigenvalue weighted by Gasteiger charge is 2.24. The third kappa shape index (κ3) is 5.03. The summed E-state index contributed by atoms with van der Waals surface area (Å²) in [6, 6.07) is 7.44. The summed E-state index contributed by atoms with van der Waals surface area (Å²) in [6.45, 7) is 9.63. The fourth-order valence-electron chi connectivity index (χ4n) is 1.53. The van der Waals surface area contributed by atoms with Crippen molar-refractivity contribution in [2.24, 2.45) is 5.41 Å². The lowest BCUT2D eigenvalue weighted by Gasteiger charge is -2.21. The van der Waals surface area contributed by atoms with Gasteiger partial charge in [-0.1, -0.05) is 50.6 Å². The molecule has 4 nitrogen and oxygen atoms in total. The molecule has 1 rings (SSSR count). The molecule has 0 fully saturated rings. The van der Waals surface area contributed by atoms with Crippen LogP contribution in [0.4, 0.5) is 0 Å². The van der Waals surface area contributed by atoms with E-state index in [1.54, 1.807) is 6.92 Å². The first-order valence-electron chi connectivity index (χ1n) is 6.84. The van der Waals surface area contributed by atoms with E-state index in [-0.39, 0.29) is 11.8 Å². The van der Waals surface area contributed by atoms with Gasteiger partial charge in [-0.3, -0.25) is 9.59 Å². The number of carbonyl (C=O) groups excluding carboxylic acids is 2. The maximum atomic E-state index is 11.9. The van der Waals surface area contributed by atoms with Crippen molar-refractivity contribution in [1.29, 1.82) is 0 Å². The Morgan fingerprint density at radius 1 is 1.15 bits per heavy atom. The van der Waals surface area contributed by atoms with E-state index in [1.807, 2.05) is 52.0 Å². The van der Waals surface area contributed by atoms with E-state index in [2.05, 4.69) is 10.6 Å². The molecule has 0 aliphatic rings. The quantitative estimate of drug-likeness (QED) is 0.885. The molecule has 0 aromatic heterocycles. The minimum absolute atomic E-state index is 0.129. The van der Waals surface area contributed by atoms with Crippen molar-refractivity contribution in [3.8, 4) is 0 Å². The van der Waals surface area contributed by atoms with Gasteiger partial charge in [-0.05, 0) is 19.4 Å². The van der Waals surface area contributed by atoms with Crippen LogP contribution in [0.5, 0.6) is 0 Å². The van der Waals surface area contributed by atoms with Crippen molar-refractivity contribution in [2.45, 2.75) is 47.2 Å². The van der Waals surface area contributed by atoms with Gasteiger partial charge in [0.15, 0.2) is 0 Å². The van der Waals surface area contributed by atoms with Gasteiger partial charge in [0, 0.05) is 12.0 Å². The normalized spacial score (nSPS) is 12.7. The molecule has 0 bridgehead atoms. The number of nitrogens with one attached hydrogen (secondary N) is 2. The topological polar surface area (TPSA) is 58.2 Å². The molecule has 0 heterocycles. The van der Waals surface area contributed by atoms with Gasteiger partial charge in [0.05, 0.1) is 0 Å². The van der Waals surface area contributed by atoms with Crippen molar-refractivity contribution >= 4 is 11.8 Å². The standard InChI is InChI=1S/C16H24N2O2/c1-11-6-8-13(9-7-11)10-17-14(19)12(2)18-15(20)16(3,4)5/h6-9,12H,10H2,1-5H3,(H,17,19)(H,18,20)/t12-/m0/s1. The van der Waals surface area contributed by atoms with Gasteiger partial charge in [-0.15, -0.1) is 0 Å². The molecule has 0 aliphatic carbocycles. The maximum absolute atomic E-state index is 11.9. The first-order valence-corrected chi connectivity index (χ1v) is 6.84. The second kappa shape index (κ2) is 6.55. The van der Waals surface area contributed by atoms with E-state index in [1.165, 1.54) is 5.56 Å². The van der Waals surface area contributed by atoms with Crippen LogP contribution in [0.15, 0.2) is 24.3 Å². The molecule has 0 saturated heterocycles. The Balaban J connectivity index is 2.46. The van der Waals surface area contributed by atoms with Crippen LogP contribution in [0, 0.1) is 12.3 Å². The van der Waals surface area contributed by atoms with Gasteiger partial charge in [0.25, 0.3) is 0 Å². The summed E-state index contributed by atoms with van der Waals surface area (Å²) < 4.78 is 0. The first-order chi connectivity index (χ1) is 9.20. The zero-order valence-electron chi connectivity index (χ0n) is 12.9. The van der Waals surface area contributed by atoms with Crippen LogP contribution in [-0.4, -0.2) is 17.9 Å². The molecule has 20 heavy (non-hydrogen) atoms. The number of hydrogen-bond acceptors (Lipinski definition) is 2. The molecular weight excluding hydrogens is 252 g/mol. The van der Waals surface area contributed by atoms with Crippen LogP contribution in [0.3, 0.4) is 0 Å². The van der Waals surface area contributed by atoms with Crippen molar-refractivity contribution in [3.63, 3.8) is 0 Å². The lowest BCUT2D eigenvalue weighted by atomic mass is 9.95. The fraction of sp³-hybridized carbons (Fsp3) is 0.500. The van der Waals surface area contributed by atoms with E-state index in [4.69, 9.17) is 0 Å². The molecule has 1 atom stereocenters. The summed E-state index contributed by atoms with van der Waals surface area (Å²) >= 11 is 0. The Kier molecular flexibility index (Phi) is 5.31. The van der Waals surface area contributed by atoms with Gasteiger partial charge < -0.3 is 10.6 Å². The summed E-state index contributed by atoms with van der Waals surface area (Å²) in [5.41, 5.74) is 1.73. The minimum Gasteiger partial charge on any atom is -0.350 e. The van der Waals surface area contributed by atoms with Crippen molar-refractivity contribution in [2.75, 3.05) is 0 Å². The molecule has 0 saturated carbocycles. The number of aryl methyl sites for hydroxylation is 1. The number of hydrogen-bond donors (Lipinski definition) is 2. The van der Waals surface area contributed by atoms with Gasteiger partial charge in [-0.2, -0.15) is 0 Å². The number of benzene rings is 1. The smallest absolute Gasteiger partial charge is 0.242 e. The number of carbonyl (C=O) groups is 2. The Labute approximate surface area is 121 Å². The Bertz CT molecular complexity index is 472. The predicted molar refractivity (Wildman–Crippen MR) is 80.1 cm³/mol. The van der Waals surface area contributed by atoms with Gasteiger partial charge in [-0.25, -0.2) is 0 Å². The monoisotopic (exact) mass is 276 g/mol. The van der Waals surface area contributed by atoms with E-state index < -0.39 is 11.5 Å². The highest BCUT2D eigenvalue weighted by atomic mass is 16.2. The lowest BCUT2D eigenvalue weighted by Crippen LogP contribution is -2.48. The summed E-state index contributed by atoms with van der Waals surface area (Å²) in [7, 11) is 0. The Hall–Kier alpha value is -1.84. The Morgan fingerprint density at radius 2 is 1.70 bits per heavy atom. The van der Waals surface area contributed by atoms with Crippen LogP contribution in [0.1, 0.15) is 38.8 Å². The second-order valence-corrected chi connectivity index (χ2v) is 6.15. The molecule has 1 aromatic rings. The highest BCUT2D eigenvalue weighted by molar-refractivity contribution is 5.89. The van der Waals surface area contributed by atoms with Crippen LogP contribution in [-0.2, 0) is 16.1 Å². The Morgan fingerprint density at radius 3 is 2.20 bits per heavy atom. The first kappa shape index (κ1) is 16.2. The third-order valence-corrected chi connectivity index (χ3v) is 3.01. The lowest BCUT2D eigenvalue weighted by molar-refractivity contribution is -0.133. The summed E-state index contributed by atoms with van der Waals surface area (Å²) in [6.07, 6.45) is 0. The third-order valence-electron chi connectivity index (χ3n) is 3.01. The maximum Gasteiger partial charge on any atom is 0.242 e. The van der Waals surface area contributed by atoms with Crippen LogP contribution >= 0.6 is 0 Å². The van der Waals surface area contributed by atoms with E-state index in [0.717, 1.165) is 5.56 Å². The molecule has 0 radical (unpaired) electrons. The molecular formula is C16H24N2O2. The van der Waals surface area contributed by atoms with Crippen molar-refractivity contribution in [1.82, 2.24) is 10.6 Å². The van der Waals surface area contributed by atoms with E-state index >= 15 is 0 Å². The number of amides is 2. The van der Waals surface area contributed by atoms with Gasteiger partial charge >= 0.3 is 0 Å². The molecule has 0 unspecified atom stereocenters. The number of rotatable bonds is 4. The zero-order chi connectivity index (χ0) is 15.3. The molecule has 1 aromatic carbocycles. The van der Waals surface area contributed by atoms with Crippen LogP contribution < -0.4 is 10.6 Å². The average Bonchev–Trinajstić information content (AvgIpc) is 2.36. The summed E-state index contributed by atoms with van der Waals surface area (Å²) in [4.78, 5) is 23.7. The van der Waals surface area contributed by atoms with E-state index in [0.29, 0.717) is 6.54 Å². The summed E-state index contributed by atoms with van der Waals surface area (Å²) in [5.74, 6) is -0.307. The second-order valence-electron chi connectivity index (χ2n) is 6.15. The average molecular weight is 276 g/mol.